The van der Waals surface area contributed by atoms with Crippen LogP contribution in [0.15, 0.2) is 0 Å². The van der Waals surface area contributed by atoms with Crippen molar-refractivity contribution in [2.75, 3.05) is 18.1 Å². The van der Waals surface area contributed by atoms with Gasteiger partial charge < -0.3 is 5.32 Å². The quantitative estimate of drug-likeness (QED) is 0.713. The zero-order chi connectivity index (χ0) is 12.0. The van der Waals surface area contributed by atoms with Gasteiger partial charge in [-0.2, -0.15) is 0 Å². The van der Waals surface area contributed by atoms with E-state index in [-0.39, 0.29) is 23.3 Å². The van der Waals surface area contributed by atoms with E-state index >= 15 is 0 Å². The van der Waals surface area contributed by atoms with Crippen molar-refractivity contribution in [3.05, 3.63) is 0 Å². The number of hydrogen-bond acceptors (Lipinski definition) is 4. The molecule has 1 aliphatic rings. The molecule has 0 saturated carbocycles. The molecule has 1 atom stereocenters. The predicted octanol–water partition coefficient (Wildman–Crippen LogP) is 0.136. The Labute approximate surface area is 96.7 Å². The summed E-state index contributed by atoms with van der Waals surface area (Å²) in [4.78, 5) is 11.5. The van der Waals surface area contributed by atoms with Crippen molar-refractivity contribution in [3.8, 4) is 11.8 Å². The van der Waals surface area contributed by atoms with E-state index in [0.717, 1.165) is 0 Å². The summed E-state index contributed by atoms with van der Waals surface area (Å²) in [5.41, 5.74) is 0. The summed E-state index contributed by atoms with van der Waals surface area (Å²) in [5.74, 6) is 5.89. The zero-order valence-electron chi connectivity index (χ0n) is 9.45. The lowest BCUT2D eigenvalue weighted by atomic mass is 10.1. The monoisotopic (exact) mass is 243 g/mol. The van der Waals surface area contributed by atoms with Gasteiger partial charge in [-0.15, -0.1) is 11.8 Å². The first-order valence-electron chi connectivity index (χ1n) is 5.38. The highest BCUT2D eigenvalue weighted by molar-refractivity contribution is 7.91. The van der Waals surface area contributed by atoms with Crippen molar-refractivity contribution < 1.29 is 13.2 Å². The molecule has 1 N–H and O–H groups in total. The van der Waals surface area contributed by atoms with Gasteiger partial charge in [-0.3, -0.25) is 4.79 Å². The Hall–Kier alpha value is -0.860. The minimum absolute atomic E-state index is 0.0809. The maximum absolute atomic E-state index is 11.5. The first kappa shape index (κ1) is 13.2. The van der Waals surface area contributed by atoms with E-state index in [1.165, 1.54) is 0 Å². The average molecular weight is 243 g/mol. The van der Waals surface area contributed by atoms with E-state index in [9.17, 15) is 13.2 Å². The summed E-state index contributed by atoms with van der Waals surface area (Å²) in [6.07, 6.45) is 1.28. The lowest BCUT2D eigenvalue weighted by Gasteiger charge is -2.22. The highest BCUT2D eigenvalue weighted by Crippen LogP contribution is 2.07. The molecule has 0 bridgehead atoms. The van der Waals surface area contributed by atoms with Crippen LogP contribution in [-0.4, -0.2) is 38.3 Å². The van der Waals surface area contributed by atoms with Crippen LogP contribution < -0.4 is 5.32 Å². The number of Topliss-reactive ketones (excluding diaryl/α,β-unsaturated/α-hetero) is 1. The number of nitrogens with one attached hydrogen (secondary N) is 1. The van der Waals surface area contributed by atoms with Gasteiger partial charge in [0.15, 0.2) is 9.84 Å². The molecular weight excluding hydrogens is 226 g/mol. The molecule has 0 aromatic heterocycles. The maximum Gasteiger partial charge on any atom is 0.153 e. The summed E-state index contributed by atoms with van der Waals surface area (Å²) in [6.45, 7) is 2.19. The van der Waals surface area contributed by atoms with Gasteiger partial charge in [0.1, 0.15) is 5.78 Å². The third-order valence-electron chi connectivity index (χ3n) is 2.48. The molecule has 0 aromatic rings. The van der Waals surface area contributed by atoms with Crippen molar-refractivity contribution >= 4 is 15.6 Å². The second-order valence-electron chi connectivity index (χ2n) is 3.93. The molecule has 0 aromatic carbocycles. The number of carbonyl (C=O) groups excluding carboxylic acids is 1. The fourth-order valence-corrected chi connectivity index (χ4v) is 3.15. The number of hydrogen-bond donors (Lipinski definition) is 1. The van der Waals surface area contributed by atoms with E-state index in [2.05, 4.69) is 17.2 Å². The Morgan fingerprint density at radius 3 is 2.88 bits per heavy atom. The SMILES string of the molecule is CC#CCCC(=O)CC1CS(=O)(=O)CCN1. The number of rotatable bonds is 4. The van der Waals surface area contributed by atoms with Gasteiger partial charge in [-0.05, 0) is 6.92 Å². The van der Waals surface area contributed by atoms with Gasteiger partial charge >= 0.3 is 0 Å². The largest absolute Gasteiger partial charge is 0.312 e. The summed E-state index contributed by atoms with van der Waals surface area (Å²) in [6, 6.07) is -0.208. The van der Waals surface area contributed by atoms with Crippen LogP contribution in [0.3, 0.4) is 0 Å². The smallest absolute Gasteiger partial charge is 0.153 e. The topological polar surface area (TPSA) is 63.2 Å². The molecule has 1 aliphatic heterocycles. The highest BCUT2D eigenvalue weighted by atomic mass is 32.2. The average Bonchev–Trinajstić information content (AvgIpc) is 2.16. The lowest BCUT2D eigenvalue weighted by molar-refractivity contribution is -0.119. The lowest BCUT2D eigenvalue weighted by Crippen LogP contribution is -2.45. The first-order valence-corrected chi connectivity index (χ1v) is 7.21. The van der Waals surface area contributed by atoms with Crippen LogP contribution >= 0.6 is 0 Å². The third kappa shape index (κ3) is 4.77. The highest BCUT2D eigenvalue weighted by Gasteiger charge is 2.25. The molecule has 0 spiro atoms. The van der Waals surface area contributed by atoms with E-state index < -0.39 is 9.84 Å². The Kier molecular flexibility index (Phi) is 4.97. The summed E-state index contributed by atoms with van der Waals surface area (Å²) >= 11 is 0. The Morgan fingerprint density at radius 1 is 1.50 bits per heavy atom. The molecule has 1 saturated heterocycles. The van der Waals surface area contributed by atoms with Gasteiger partial charge in [0, 0.05) is 31.8 Å². The van der Waals surface area contributed by atoms with E-state index in [4.69, 9.17) is 0 Å². The van der Waals surface area contributed by atoms with Crippen molar-refractivity contribution in [3.63, 3.8) is 0 Å². The standard InChI is InChI=1S/C11H17NO3S/c1-2-3-4-5-11(13)8-10-9-16(14,15)7-6-12-10/h10,12H,4-9H2,1H3. The van der Waals surface area contributed by atoms with Crippen LogP contribution in [0.25, 0.3) is 0 Å². The van der Waals surface area contributed by atoms with Gasteiger partial charge in [-0.1, -0.05) is 0 Å². The fourth-order valence-electron chi connectivity index (χ4n) is 1.70. The summed E-state index contributed by atoms with van der Waals surface area (Å²) in [5, 5.41) is 3.06. The molecule has 16 heavy (non-hydrogen) atoms. The molecule has 1 unspecified atom stereocenters. The van der Waals surface area contributed by atoms with Crippen molar-refractivity contribution in [1.29, 1.82) is 0 Å². The third-order valence-corrected chi connectivity index (χ3v) is 4.22. The molecule has 1 fully saturated rings. The molecule has 0 radical (unpaired) electrons. The minimum Gasteiger partial charge on any atom is -0.312 e. The van der Waals surface area contributed by atoms with Crippen molar-refractivity contribution in [1.82, 2.24) is 5.32 Å². The number of sulfone groups is 1. The van der Waals surface area contributed by atoms with Crippen LogP contribution in [0.4, 0.5) is 0 Å². The molecule has 4 nitrogen and oxygen atoms in total. The fraction of sp³-hybridized carbons (Fsp3) is 0.727. The Bertz CT molecular complexity index is 403. The number of carbonyl (C=O) groups is 1. The molecule has 1 heterocycles. The van der Waals surface area contributed by atoms with Gasteiger partial charge in [0.05, 0.1) is 11.5 Å². The van der Waals surface area contributed by atoms with Crippen molar-refractivity contribution in [2.24, 2.45) is 0 Å². The van der Waals surface area contributed by atoms with E-state index in [0.29, 0.717) is 25.8 Å². The van der Waals surface area contributed by atoms with Crippen LogP contribution in [0.5, 0.6) is 0 Å². The summed E-state index contributed by atoms with van der Waals surface area (Å²) < 4.78 is 22.7. The molecule has 90 valence electrons. The Balaban J connectivity index is 2.35. The van der Waals surface area contributed by atoms with Crippen LogP contribution in [0.2, 0.25) is 0 Å². The van der Waals surface area contributed by atoms with Crippen LogP contribution in [0.1, 0.15) is 26.2 Å². The van der Waals surface area contributed by atoms with Crippen LogP contribution in [-0.2, 0) is 14.6 Å². The van der Waals surface area contributed by atoms with Gasteiger partial charge in [0.2, 0.25) is 0 Å². The molecule has 0 aliphatic carbocycles. The van der Waals surface area contributed by atoms with Gasteiger partial charge in [0.25, 0.3) is 0 Å². The second kappa shape index (κ2) is 6.02. The zero-order valence-corrected chi connectivity index (χ0v) is 10.3. The van der Waals surface area contributed by atoms with Gasteiger partial charge in [-0.25, -0.2) is 8.42 Å². The molecule has 1 rings (SSSR count). The predicted molar refractivity (Wildman–Crippen MR) is 62.8 cm³/mol. The van der Waals surface area contributed by atoms with Crippen LogP contribution in [0, 0.1) is 11.8 Å². The Morgan fingerprint density at radius 2 is 2.25 bits per heavy atom. The maximum atomic E-state index is 11.5. The normalized spacial score (nSPS) is 23.2. The molecule has 5 heteroatoms. The second-order valence-corrected chi connectivity index (χ2v) is 6.16. The first-order chi connectivity index (χ1) is 7.53. The summed E-state index contributed by atoms with van der Waals surface area (Å²) in [7, 11) is -2.95. The van der Waals surface area contributed by atoms with E-state index in [1.807, 2.05) is 0 Å². The molecular formula is C11H17NO3S. The minimum atomic E-state index is -2.95. The number of ketones is 1. The van der Waals surface area contributed by atoms with E-state index in [1.54, 1.807) is 6.92 Å². The molecule has 0 amide bonds. The van der Waals surface area contributed by atoms with Crippen molar-refractivity contribution in [2.45, 2.75) is 32.2 Å².